The summed E-state index contributed by atoms with van der Waals surface area (Å²) in [5, 5.41) is 3.57. The van der Waals surface area contributed by atoms with Crippen molar-refractivity contribution in [1.82, 2.24) is 0 Å². The minimum absolute atomic E-state index is 0.527. The van der Waals surface area contributed by atoms with Gasteiger partial charge < -0.3 is 11.1 Å². The van der Waals surface area contributed by atoms with Crippen LogP contribution < -0.4 is 11.1 Å². The lowest BCUT2D eigenvalue weighted by Gasteiger charge is -2.28. The molecule has 0 bridgehead atoms. The fourth-order valence-electron chi connectivity index (χ4n) is 2.82. The molecule has 1 aliphatic carbocycles. The first-order valence-electron chi connectivity index (χ1n) is 6.75. The number of anilines is 2. The van der Waals surface area contributed by atoms with Crippen LogP contribution in [0.1, 0.15) is 44.6 Å². The first-order chi connectivity index (χ1) is 8.15. The van der Waals surface area contributed by atoms with E-state index in [0.29, 0.717) is 5.41 Å². The van der Waals surface area contributed by atoms with Crippen LogP contribution in [0.2, 0.25) is 0 Å². The molecule has 0 saturated heterocycles. The molecule has 1 fully saturated rings. The molecule has 0 unspecified atom stereocenters. The van der Waals surface area contributed by atoms with Crippen LogP contribution in [0.3, 0.4) is 0 Å². The molecule has 1 aromatic carbocycles. The molecule has 1 saturated carbocycles. The van der Waals surface area contributed by atoms with Crippen molar-refractivity contribution in [2.45, 2.75) is 46.0 Å². The Bertz CT molecular complexity index is 379. The molecule has 17 heavy (non-hydrogen) atoms. The summed E-state index contributed by atoms with van der Waals surface area (Å²) >= 11 is 0. The molecule has 0 atom stereocenters. The first kappa shape index (κ1) is 12.3. The zero-order chi connectivity index (χ0) is 12.3. The molecule has 3 N–H and O–H groups in total. The van der Waals surface area contributed by atoms with Crippen molar-refractivity contribution < 1.29 is 0 Å². The summed E-state index contributed by atoms with van der Waals surface area (Å²) in [6, 6.07) is 6.27. The predicted molar refractivity (Wildman–Crippen MR) is 75.3 cm³/mol. The number of nitrogen functional groups attached to an aromatic ring is 1. The molecule has 0 heterocycles. The highest BCUT2D eigenvalue weighted by atomic mass is 14.9. The second-order valence-corrected chi connectivity index (χ2v) is 5.49. The molecular weight excluding hydrogens is 208 g/mol. The van der Waals surface area contributed by atoms with Crippen LogP contribution in [-0.2, 0) is 0 Å². The molecule has 1 aliphatic rings. The number of benzene rings is 1. The maximum atomic E-state index is 5.93. The summed E-state index contributed by atoms with van der Waals surface area (Å²) in [6.45, 7) is 5.45. The summed E-state index contributed by atoms with van der Waals surface area (Å²) in [7, 11) is 0. The van der Waals surface area contributed by atoms with Gasteiger partial charge in [0.05, 0.1) is 0 Å². The van der Waals surface area contributed by atoms with Gasteiger partial charge in [-0.25, -0.2) is 0 Å². The second-order valence-electron chi connectivity index (χ2n) is 5.49. The van der Waals surface area contributed by atoms with E-state index < -0.39 is 0 Å². The van der Waals surface area contributed by atoms with Crippen LogP contribution in [0.5, 0.6) is 0 Å². The zero-order valence-corrected chi connectivity index (χ0v) is 11.1. The van der Waals surface area contributed by atoms with Gasteiger partial charge in [0.25, 0.3) is 0 Å². The summed E-state index contributed by atoms with van der Waals surface area (Å²) in [5.41, 5.74) is 9.65. The minimum Gasteiger partial charge on any atom is -0.398 e. The van der Waals surface area contributed by atoms with Gasteiger partial charge in [0.1, 0.15) is 0 Å². The summed E-state index contributed by atoms with van der Waals surface area (Å²) in [4.78, 5) is 0. The molecule has 0 spiro atoms. The molecule has 0 amide bonds. The number of rotatable bonds is 4. The van der Waals surface area contributed by atoms with Crippen LogP contribution >= 0.6 is 0 Å². The van der Waals surface area contributed by atoms with Gasteiger partial charge in [-0.05, 0) is 49.3 Å². The molecule has 2 heteroatoms. The standard InChI is InChI=1S/C15H24N2/c1-3-15(8-4-5-9-15)11-17-13-7-6-12(2)14(16)10-13/h6-7,10,17H,3-5,8-9,11,16H2,1-2H3. The lowest BCUT2D eigenvalue weighted by molar-refractivity contribution is 0.307. The Morgan fingerprint density at radius 3 is 2.59 bits per heavy atom. The highest BCUT2D eigenvalue weighted by Crippen LogP contribution is 2.41. The van der Waals surface area contributed by atoms with E-state index in [1.165, 1.54) is 32.1 Å². The van der Waals surface area contributed by atoms with Gasteiger partial charge in [0.2, 0.25) is 0 Å². The van der Waals surface area contributed by atoms with Gasteiger partial charge in [-0.2, -0.15) is 0 Å². The lowest BCUT2D eigenvalue weighted by Crippen LogP contribution is -2.25. The Morgan fingerprint density at radius 1 is 1.29 bits per heavy atom. The summed E-state index contributed by atoms with van der Waals surface area (Å²) in [6.07, 6.45) is 6.81. The Morgan fingerprint density at radius 2 is 2.00 bits per heavy atom. The number of nitrogens with two attached hydrogens (primary N) is 1. The van der Waals surface area contributed by atoms with Crippen molar-refractivity contribution >= 4 is 11.4 Å². The fourth-order valence-corrected chi connectivity index (χ4v) is 2.82. The molecule has 94 valence electrons. The molecule has 1 aromatic rings. The second kappa shape index (κ2) is 4.99. The topological polar surface area (TPSA) is 38.0 Å². The molecule has 0 radical (unpaired) electrons. The van der Waals surface area contributed by atoms with Crippen molar-refractivity contribution in [3.05, 3.63) is 23.8 Å². The van der Waals surface area contributed by atoms with Crippen LogP contribution in [0, 0.1) is 12.3 Å². The van der Waals surface area contributed by atoms with E-state index in [1.54, 1.807) is 0 Å². The number of hydrogen-bond acceptors (Lipinski definition) is 2. The quantitative estimate of drug-likeness (QED) is 0.771. The normalized spacial score (nSPS) is 18.2. The van der Waals surface area contributed by atoms with Gasteiger partial charge in [0.15, 0.2) is 0 Å². The van der Waals surface area contributed by atoms with E-state index in [0.717, 1.165) is 23.5 Å². The Hall–Kier alpha value is -1.18. The molecule has 2 rings (SSSR count). The number of hydrogen-bond donors (Lipinski definition) is 2. The number of aryl methyl sites for hydroxylation is 1. The van der Waals surface area contributed by atoms with E-state index in [4.69, 9.17) is 5.73 Å². The minimum atomic E-state index is 0.527. The molecule has 0 aromatic heterocycles. The largest absolute Gasteiger partial charge is 0.398 e. The van der Waals surface area contributed by atoms with Gasteiger partial charge in [-0.15, -0.1) is 0 Å². The van der Waals surface area contributed by atoms with Gasteiger partial charge in [-0.1, -0.05) is 25.8 Å². The monoisotopic (exact) mass is 232 g/mol. The summed E-state index contributed by atoms with van der Waals surface area (Å²) in [5.74, 6) is 0. The molecule has 0 aliphatic heterocycles. The van der Waals surface area contributed by atoms with E-state index >= 15 is 0 Å². The van der Waals surface area contributed by atoms with Crippen molar-refractivity contribution in [1.29, 1.82) is 0 Å². The van der Waals surface area contributed by atoms with E-state index in [2.05, 4.69) is 24.4 Å². The Labute approximate surface area is 105 Å². The van der Waals surface area contributed by atoms with Gasteiger partial charge >= 0.3 is 0 Å². The van der Waals surface area contributed by atoms with Crippen molar-refractivity contribution in [2.75, 3.05) is 17.6 Å². The molecular formula is C15H24N2. The van der Waals surface area contributed by atoms with Crippen molar-refractivity contribution in [3.8, 4) is 0 Å². The predicted octanol–water partition coefficient (Wildman–Crippen LogP) is 3.96. The third kappa shape index (κ3) is 2.74. The van der Waals surface area contributed by atoms with E-state index in [1.807, 2.05) is 13.0 Å². The van der Waals surface area contributed by atoms with Gasteiger partial charge in [-0.3, -0.25) is 0 Å². The number of nitrogens with one attached hydrogen (secondary N) is 1. The Balaban J connectivity index is 1.99. The maximum absolute atomic E-state index is 5.93. The van der Waals surface area contributed by atoms with Crippen LogP contribution in [0.25, 0.3) is 0 Å². The van der Waals surface area contributed by atoms with E-state index in [9.17, 15) is 0 Å². The summed E-state index contributed by atoms with van der Waals surface area (Å²) < 4.78 is 0. The van der Waals surface area contributed by atoms with Crippen LogP contribution in [0.15, 0.2) is 18.2 Å². The lowest BCUT2D eigenvalue weighted by atomic mass is 9.83. The van der Waals surface area contributed by atoms with Crippen molar-refractivity contribution in [2.24, 2.45) is 5.41 Å². The Kier molecular flexibility index (Phi) is 3.60. The van der Waals surface area contributed by atoms with Crippen LogP contribution in [0.4, 0.5) is 11.4 Å². The first-order valence-corrected chi connectivity index (χ1v) is 6.75. The SMILES string of the molecule is CCC1(CNc2ccc(C)c(N)c2)CCCC1. The highest BCUT2D eigenvalue weighted by Gasteiger charge is 2.31. The average molecular weight is 232 g/mol. The average Bonchev–Trinajstić information content (AvgIpc) is 2.80. The van der Waals surface area contributed by atoms with Crippen molar-refractivity contribution in [3.63, 3.8) is 0 Å². The van der Waals surface area contributed by atoms with Crippen LogP contribution in [-0.4, -0.2) is 6.54 Å². The highest BCUT2D eigenvalue weighted by molar-refractivity contribution is 5.58. The third-order valence-corrected chi connectivity index (χ3v) is 4.36. The fraction of sp³-hybridized carbons (Fsp3) is 0.600. The van der Waals surface area contributed by atoms with Gasteiger partial charge in [0, 0.05) is 17.9 Å². The maximum Gasteiger partial charge on any atom is 0.0364 e. The smallest absolute Gasteiger partial charge is 0.0364 e. The van der Waals surface area contributed by atoms with E-state index in [-0.39, 0.29) is 0 Å². The zero-order valence-electron chi connectivity index (χ0n) is 11.1. The third-order valence-electron chi connectivity index (χ3n) is 4.36. The molecule has 2 nitrogen and oxygen atoms in total.